The predicted octanol–water partition coefficient (Wildman–Crippen LogP) is 4.17. The topological polar surface area (TPSA) is 114 Å². The van der Waals surface area contributed by atoms with Crippen molar-refractivity contribution in [2.45, 2.75) is 72.0 Å². The molecule has 36 heavy (non-hydrogen) atoms. The molecule has 0 amide bonds. The van der Waals surface area contributed by atoms with Gasteiger partial charge in [-0.15, -0.1) is 0 Å². The molecule has 0 saturated heterocycles. The minimum atomic E-state index is -1.38. The van der Waals surface area contributed by atoms with Crippen LogP contribution >= 0.6 is 0 Å². The minimum absolute atomic E-state index is 0.171. The number of ether oxygens (including phenoxy) is 5. The third-order valence-electron chi connectivity index (χ3n) is 5.04. The molecule has 0 fully saturated rings. The van der Waals surface area contributed by atoms with Gasteiger partial charge in [-0.3, -0.25) is 0 Å². The quantitative estimate of drug-likeness (QED) is 0.162. The van der Waals surface area contributed by atoms with Gasteiger partial charge in [0.15, 0.2) is 0 Å². The van der Waals surface area contributed by atoms with Crippen LogP contribution in [0.4, 0.5) is 0 Å². The number of hydrogen-bond donors (Lipinski definition) is 0. The molecular formula is C27H40O9. The van der Waals surface area contributed by atoms with Crippen LogP contribution < -0.4 is 0 Å². The monoisotopic (exact) mass is 508 g/mol. The molecule has 0 atom stereocenters. The van der Waals surface area contributed by atoms with E-state index < -0.39 is 35.1 Å². The summed E-state index contributed by atoms with van der Waals surface area (Å²) >= 11 is 0. The highest BCUT2D eigenvalue weighted by atomic mass is 16.6. The van der Waals surface area contributed by atoms with E-state index in [-0.39, 0.29) is 61.6 Å². The van der Waals surface area contributed by atoms with Crippen LogP contribution in [0.5, 0.6) is 0 Å². The maximum Gasteiger partial charge on any atom is 0.333 e. The Balaban J connectivity index is 6.39. The molecule has 9 heteroatoms. The van der Waals surface area contributed by atoms with E-state index in [9.17, 15) is 19.2 Å². The van der Waals surface area contributed by atoms with Gasteiger partial charge in [0.2, 0.25) is 0 Å². The predicted molar refractivity (Wildman–Crippen MR) is 135 cm³/mol. The first-order valence-corrected chi connectivity index (χ1v) is 11.6. The van der Waals surface area contributed by atoms with Gasteiger partial charge in [0.1, 0.15) is 37.6 Å². The molecule has 0 rings (SSSR count). The van der Waals surface area contributed by atoms with Crippen molar-refractivity contribution in [2.24, 2.45) is 0 Å². The fourth-order valence-electron chi connectivity index (χ4n) is 2.87. The second kappa shape index (κ2) is 15.0. The summed E-state index contributed by atoms with van der Waals surface area (Å²) in [6.45, 7) is 22.7. The zero-order valence-electron chi connectivity index (χ0n) is 22.5. The van der Waals surface area contributed by atoms with Gasteiger partial charge in [0.05, 0.1) is 0 Å². The molecular weight excluding hydrogens is 468 g/mol. The Morgan fingerprint density at radius 2 is 0.833 bits per heavy atom. The van der Waals surface area contributed by atoms with Gasteiger partial charge in [0, 0.05) is 22.3 Å². The third-order valence-corrected chi connectivity index (χ3v) is 5.04. The molecule has 0 aromatic carbocycles. The SMILES string of the molecule is C=C(C)C(=O)OCC(CC)(COC(=O)C(=C)C)OC(CCC)(COC(=O)C(=C)C)COC(=O)C(=C)C. The first kappa shape index (κ1) is 32.8. The summed E-state index contributed by atoms with van der Waals surface area (Å²) in [5.41, 5.74) is -2.06. The lowest BCUT2D eigenvalue weighted by atomic mass is 9.95. The standard InChI is InChI=1S/C27H40O9/c1-11-13-27(16-34-24(30)20(7)8,17-35-25(31)21(9)10)36-26(12-2,14-32-22(28)18(3)4)15-33-23(29)19(5)6/h3,5,7,9,11-17H2,1-2,4,6,8,10H3. The van der Waals surface area contributed by atoms with Crippen LogP contribution in [0.15, 0.2) is 48.6 Å². The summed E-state index contributed by atoms with van der Waals surface area (Å²) in [4.78, 5) is 48.7. The highest BCUT2D eigenvalue weighted by Gasteiger charge is 2.45. The first-order chi connectivity index (χ1) is 16.6. The van der Waals surface area contributed by atoms with Crippen molar-refractivity contribution in [2.75, 3.05) is 26.4 Å². The zero-order chi connectivity index (χ0) is 28.1. The lowest BCUT2D eigenvalue weighted by Crippen LogP contribution is -2.55. The Morgan fingerprint density at radius 1 is 0.556 bits per heavy atom. The van der Waals surface area contributed by atoms with Gasteiger partial charge < -0.3 is 23.7 Å². The molecule has 0 spiro atoms. The molecule has 0 aromatic rings. The summed E-state index contributed by atoms with van der Waals surface area (Å²) in [6, 6.07) is 0. The summed E-state index contributed by atoms with van der Waals surface area (Å²) in [5, 5.41) is 0. The van der Waals surface area contributed by atoms with Crippen LogP contribution in [0.3, 0.4) is 0 Å². The molecule has 0 saturated carbocycles. The average Bonchev–Trinajstić information content (AvgIpc) is 2.81. The average molecular weight is 509 g/mol. The molecule has 0 aliphatic rings. The van der Waals surface area contributed by atoms with Crippen LogP contribution in [-0.4, -0.2) is 61.5 Å². The van der Waals surface area contributed by atoms with Gasteiger partial charge in [-0.25, -0.2) is 19.2 Å². The van der Waals surface area contributed by atoms with Crippen molar-refractivity contribution in [3.05, 3.63) is 48.6 Å². The molecule has 0 unspecified atom stereocenters. The normalized spacial score (nSPS) is 11.2. The van der Waals surface area contributed by atoms with Crippen LogP contribution in [0.25, 0.3) is 0 Å². The molecule has 0 heterocycles. The Hall–Kier alpha value is -3.20. The number of rotatable bonds is 17. The Kier molecular flexibility index (Phi) is 13.7. The Bertz CT molecular complexity index is 822. The van der Waals surface area contributed by atoms with Gasteiger partial charge in [-0.05, 0) is 40.5 Å². The molecule has 0 bridgehead atoms. The van der Waals surface area contributed by atoms with E-state index in [1.165, 1.54) is 27.7 Å². The third kappa shape index (κ3) is 11.0. The van der Waals surface area contributed by atoms with E-state index in [4.69, 9.17) is 23.7 Å². The number of esters is 4. The van der Waals surface area contributed by atoms with Crippen molar-refractivity contribution in [3.8, 4) is 0 Å². The lowest BCUT2D eigenvalue weighted by molar-refractivity contribution is -0.234. The Labute approximate surface area is 214 Å². The van der Waals surface area contributed by atoms with Gasteiger partial charge in [-0.1, -0.05) is 46.6 Å². The summed E-state index contributed by atoms with van der Waals surface area (Å²) in [7, 11) is 0. The lowest BCUT2D eigenvalue weighted by Gasteiger charge is -2.42. The van der Waals surface area contributed by atoms with Crippen LogP contribution in [0.2, 0.25) is 0 Å². The van der Waals surface area contributed by atoms with Gasteiger partial charge in [0.25, 0.3) is 0 Å². The molecule has 0 aliphatic carbocycles. The highest BCUT2D eigenvalue weighted by Crippen LogP contribution is 2.31. The van der Waals surface area contributed by atoms with Crippen LogP contribution in [0.1, 0.15) is 60.8 Å². The van der Waals surface area contributed by atoms with E-state index in [0.29, 0.717) is 6.42 Å². The molecule has 0 aromatic heterocycles. The smallest absolute Gasteiger partial charge is 0.333 e. The minimum Gasteiger partial charge on any atom is -0.459 e. The van der Waals surface area contributed by atoms with Crippen molar-refractivity contribution < 1.29 is 42.9 Å². The van der Waals surface area contributed by atoms with Gasteiger partial charge >= 0.3 is 23.9 Å². The summed E-state index contributed by atoms with van der Waals surface area (Å²) in [5.74, 6) is -2.64. The molecule has 202 valence electrons. The summed E-state index contributed by atoms with van der Waals surface area (Å²) in [6.07, 6.45) is 1.05. The van der Waals surface area contributed by atoms with Crippen molar-refractivity contribution >= 4 is 23.9 Å². The maximum absolute atomic E-state index is 12.2. The van der Waals surface area contributed by atoms with E-state index in [2.05, 4.69) is 26.3 Å². The van der Waals surface area contributed by atoms with E-state index >= 15 is 0 Å². The molecule has 0 N–H and O–H groups in total. The second-order valence-corrected chi connectivity index (χ2v) is 9.00. The number of carbonyl (C=O) groups excluding carboxylic acids is 4. The Morgan fingerprint density at radius 3 is 1.06 bits per heavy atom. The largest absolute Gasteiger partial charge is 0.459 e. The van der Waals surface area contributed by atoms with E-state index in [1.807, 2.05) is 6.92 Å². The summed E-state index contributed by atoms with van der Waals surface area (Å²) < 4.78 is 28.1. The van der Waals surface area contributed by atoms with Crippen molar-refractivity contribution in [3.63, 3.8) is 0 Å². The molecule has 0 aliphatic heterocycles. The van der Waals surface area contributed by atoms with Crippen LogP contribution in [0, 0.1) is 0 Å². The van der Waals surface area contributed by atoms with E-state index in [1.54, 1.807) is 6.92 Å². The van der Waals surface area contributed by atoms with Crippen molar-refractivity contribution in [1.82, 2.24) is 0 Å². The number of carbonyl (C=O) groups is 4. The second-order valence-electron chi connectivity index (χ2n) is 9.00. The molecule has 9 nitrogen and oxygen atoms in total. The molecule has 0 radical (unpaired) electrons. The zero-order valence-corrected chi connectivity index (χ0v) is 22.5. The number of hydrogen-bond acceptors (Lipinski definition) is 9. The van der Waals surface area contributed by atoms with Gasteiger partial charge in [-0.2, -0.15) is 0 Å². The maximum atomic E-state index is 12.2. The fraction of sp³-hybridized carbons (Fsp3) is 0.556. The van der Waals surface area contributed by atoms with Crippen LogP contribution in [-0.2, 0) is 42.9 Å². The first-order valence-electron chi connectivity index (χ1n) is 11.6. The van der Waals surface area contributed by atoms with E-state index in [0.717, 1.165) is 0 Å². The van der Waals surface area contributed by atoms with Crippen molar-refractivity contribution in [1.29, 1.82) is 0 Å². The highest BCUT2D eigenvalue weighted by molar-refractivity contribution is 5.88. The fourth-order valence-corrected chi connectivity index (χ4v) is 2.87.